The van der Waals surface area contributed by atoms with E-state index in [2.05, 4.69) is 40.8 Å². The number of allylic oxidation sites excluding steroid dienone is 4. The van der Waals surface area contributed by atoms with Gasteiger partial charge in [-0.1, -0.05) is 39.4 Å². The van der Waals surface area contributed by atoms with Crippen LogP contribution in [0.3, 0.4) is 0 Å². The third-order valence-corrected chi connectivity index (χ3v) is 7.14. The highest BCUT2D eigenvalue weighted by Gasteiger charge is 2.10. The number of phenols is 3. The lowest BCUT2D eigenvalue weighted by Gasteiger charge is -2.15. The van der Waals surface area contributed by atoms with Crippen LogP contribution in [-0.2, 0) is 6.54 Å². The number of nitrogens with zero attached hydrogens (tertiary/aromatic N) is 3. The number of rotatable bonds is 12. The minimum Gasteiger partial charge on any atom is -0.507 e. The number of aliphatic imine (C=N–C) groups is 2. The SMILES string of the molecule is C#N.C=C(Nc1cccc(CN/C(C)=C/C(=N/C(C)=C(/C=NC)PC)c2ccccc2O)c1)Nc1cc(C)c(O)c(O)c1. The molecule has 0 aromatic heterocycles. The Labute approximate surface area is 255 Å². The molecule has 3 rings (SSSR count). The Kier molecular flexibility index (Phi) is 13.5. The number of phenolic OH excluding ortho intramolecular Hbond substituents is 3. The van der Waals surface area contributed by atoms with Crippen LogP contribution in [-0.4, -0.2) is 41.0 Å². The number of nitriles is 1. The van der Waals surface area contributed by atoms with Crippen LogP contribution in [0.25, 0.3) is 0 Å². The third kappa shape index (κ3) is 10.4. The van der Waals surface area contributed by atoms with Crippen molar-refractivity contribution in [3.8, 4) is 23.8 Å². The van der Waals surface area contributed by atoms with Gasteiger partial charge in [0.15, 0.2) is 11.5 Å². The highest BCUT2D eigenvalue weighted by molar-refractivity contribution is 7.43. The number of benzene rings is 3. The first kappa shape index (κ1) is 34.1. The van der Waals surface area contributed by atoms with Crippen LogP contribution in [0.1, 0.15) is 30.5 Å². The third-order valence-electron chi connectivity index (χ3n) is 6.11. The largest absolute Gasteiger partial charge is 0.507 e. The molecular weight excluding hydrogens is 559 g/mol. The van der Waals surface area contributed by atoms with Crippen LogP contribution in [0.15, 0.2) is 106 Å². The molecule has 0 aliphatic heterocycles. The van der Waals surface area contributed by atoms with Gasteiger partial charge in [0.25, 0.3) is 0 Å². The van der Waals surface area contributed by atoms with Crippen molar-refractivity contribution in [2.75, 3.05) is 24.3 Å². The highest BCUT2D eigenvalue weighted by atomic mass is 31.1. The number of nitrogens with one attached hydrogen (secondary N) is 3. The maximum atomic E-state index is 10.5. The molecule has 0 radical (unpaired) electrons. The Balaban J connectivity index is 0.00000316. The summed E-state index contributed by atoms with van der Waals surface area (Å²) in [6, 6.07) is 18.3. The van der Waals surface area contributed by atoms with E-state index in [1.807, 2.05) is 62.5 Å². The maximum absolute atomic E-state index is 10.5. The van der Waals surface area contributed by atoms with E-state index < -0.39 is 0 Å². The van der Waals surface area contributed by atoms with Crippen molar-refractivity contribution < 1.29 is 15.3 Å². The van der Waals surface area contributed by atoms with E-state index in [9.17, 15) is 15.3 Å². The Bertz CT molecular complexity index is 1550. The second kappa shape index (κ2) is 17.0. The summed E-state index contributed by atoms with van der Waals surface area (Å²) in [6.45, 7) is 15.8. The topological polar surface area (TPSA) is 145 Å². The fraction of sp³-hybridized carbons (Fsp3) is 0.182. The van der Waals surface area contributed by atoms with Gasteiger partial charge in [0, 0.05) is 66.1 Å². The van der Waals surface area contributed by atoms with Crippen molar-refractivity contribution in [1.29, 1.82) is 5.26 Å². The summed E-state index contributed by atoms with van der Waals surface area (Å²) < 4.78 is 0. The van der Waals surface area contributed by atoms with E-state index in [-0.39, 0.29) is 17.2 Å². The Morgan fingerprint density at radius 2 is 1.67 bits per heavy atom. The second-order valence-corrected chi connectivity index (χ2v) is 10.5. The van der Waals surface area contributed by atoms with Gasteiger partial charge in [-0.25, -0.2) is 5.26 Å². The highest BCUT2D eigenvalue weighted by Crippen LogP contribution is 2.32. The van der Waals surface area contributed by atoms with Crippen LogP contribution in [0.4, 0.5) is 11.4 Å². The van der Waals surface area contributed by atoms with Crippen molar-refractivity contribution in [2.24, 2.45) is 9.98 Å². The average molecular weight is 599 g/mol. The molecule has 43 heavy (non-hydrogen) atoms. The lowest BCUT2D eigenvalue weighted by Crippen LogP contribution is -2.13. The summed E-state index contributed by atoms with van der Waals surface area (Å²) in [5, 5.41) is 47.5. The van der Waals surface area contributed by atoms with E-state index in [1.165, 1.54) is 6.07 Å². The van der Waals surface area contributed by atoms with E-state index in [1.54, 1.807) is 32.2 Å². The van der Waals surface area contributed by atoms with E-state index in [0.29, 0.717) is 43.5 Å². The maximum Gasteiger partial charge on any atom is 0.160 e. The Hall–Kier alpha value is -5.06. The monoisotopic (exact) mass is 598 g/mol. The molecule has 0 heterocycles. The first-order valence-corrected chi connectivity index (χ1v) is 14.8. The van der Waals surface area contributed by atoms with Crippen molar-refractivity contribution in [1.82, 2.24) is 5.32 Å². The molecule has 0 saturated carbocycles. The second-order valence-electron chi connectivity index (χ2n) is 9.42. The van der Waals surface area contributed by atoms with Crippen molar-refractivity contribution >= 4 is 31.9 Å². The van der Waals surface area contributed by atoms with Crippen molar-refractivity contribution in [2.45, 2.75) is 27.3 Å². The van der Waals surface area contributed by atoms with Gasteiger partial charge < -0.3 is 31.3 Å². The molecule has 1 atom stereocenters. The van der Waals surface area contributed by atoms with E-state index in [0.717, 1.165) is 28.0 Å². The quantitative estimate of drug-likeness (QED) is 0.0571. The van der Waals surface area contributed by atoms with E-state index >= 15 is 0 Å². The lowest BCUT2D eigenvalue weighted by atomic mass is 10.1. The summed E-state index contributed by atoms with van der Waals surface area (Å²) in [7, 11) is 2.28. The molecule has 0 saturated heterocycles. The van der Waals surface area contributed by atoms with Gasteiger partial charge in [-0.3, -0.25) is 9.98 Å². The number of aromatic hydroxyl groups is 3. The normalized spacial score (nSPS) is 12.4. The van der Waals surface area contributed by atoms with Gasteiger partial charge in [0.2, 0.25) is 0 Å². The molecular formula is C33H39N6O3P. The number of para-hydroxylation sites is 1. The fourth-order valence-corrected chi connectivity index (χ4v) is 4.71. The average Bonchev–Trinajstić information content (AvgIpc) is 2.98. The first-order chi connectivity index (χ1) is 20.6. The van der Waals surface area contributed by atoms with Crippen LogP contribution in [0.2, 0.25) is 0 Å². The number of aryl methyl sites for hydroxylation is 1. The predicted molar refractivity (Wildman–Crippen MR) is 181 cm³/mol. The molecule has 10 heteroatoms. The first-order valence-electron chi connectivity index (χ1n) is 13.3. The standard InChI is InChI=1S/C32H38N5O3P.CHN/c1-20-14-26(17-30(39)32(20)40)37-23(4)36-25-11-9-10-24(16-25)18-34-21(2)15-28(27-12-7-8-13-29(27)38)35-22(3)31(41-6)19-33-5;1-2/h7-17,19,34,36-41H,4,18H2,1-3,5-6H3;1H/b21-15+,31-22-,33-19?,35-28-;. The van der Waals surface area contributed by atoms with Crippen LogP contribution < -0.4 is 16.0 Å². The minimum absolute atomic E-state index is 0.138. The van der Waals surface area contributed by atoms with E-state index in [4.69, 9.17) is 10.3 Å². The molecule has 0 aliphatic carbocycles. The zero-order valence-electron chi connectivity index (χ0n) is 25.1. The van der Waals surface area contributed by atoms with Gasteiger partial charge in [-0.05, 0) is 75.0 Å². The molecule has 3 aromatic carbocycles. The summed E-state index contributed by atoms with van der Waals surface area (Å²) in [5.74, 6) is 0.349. The zero-order chi connectivity index (χ0) is 31.9. The lowest BCUT2D eigenvalue weighted by molar-refractivity contribution is 0.401. The minimum atomic E-state index is -0.195. The summed E-state index contributed by atoms with van der Waals surface area (Å²) >= 11 is 0. The summed E-state index contributed by atoms with van der Waals surface area (Å²) in [4.78, 5) is 9.02. The molecule has 0 bridgehead atoms. The molecule has 0 aliphatic rings. The van der Waals surface area contributed by atoms with Crippen molar-refractivity contribution in [3.63, 3.8) is 0 Å². The number of anilines is 2. The van der Waals surface area contributed by atoms with Gasteiger partial charge in [0.1, 0.15) is 11.6 Å². The fourth-order valence-electron chi connectivity index (χ4n) is 4.04. The molecule has 9 nitrogen and oxygen atoms in total. The van der Waals surface area contributed by atoms with Crippen LogP contribution in [0.5, 0.6) is 17.2 Å². The zero-order valence-corrected chi connectivity index (χ0v) is 26.1. The Morgan fingerprint density at radius 3 is 2.33 bits per heavy atom. The number of hydrogen-bond donors (Lipinski definition) is 6. The molecule has 224 valence electrons. The van der Waals surface area contributed by atoms with Crippen LogP contribution in [0, 0.1) is 18.8 Å². The molecule has 0 spiro atoms. The molecule has 1 unspecified atom stereocenters. The van der Waals surface area contributed by atoms with Crippen molar-refractivity contribution in [3.05, 3.63) is 113 Å². The summed E-state index contributed by atoms with van der Waals surface area (Å²) in [6.07, 6.45) is 3.76. The number of hydrogen-bond acceptors (Lipinski definition) is 9. The molecule has 0 fully saturated rings. The van der Waals surface area contributed by atoms with Crippen LogP contribution >= 0.6 is 8.58 Å². The smallest absolute Gasteiger partial charge is 0.160 e. The predicted octanol–water partition coefficient (Wildman–Crippen LogP) is 6.97. The van der Waals surface area contributed by atoms with Gasteiger partial charge in [0.05, 0.1) is 5.71 Å². The molecule has 6 N–H and O–H groups in total. The van der Waals surface area contributed by atoms with Gasteiger partial charge >= 0.3 is 0 Å². The molecule has 0 amide bonds. The molecule has 3 aromatic rings. The Morgan fingerprint density at radius 1 is 0.977 bits per heavy atom. The summed E-state index contributed by atoms with van der Waals surface area (Å²) in [5.41, 5.74) is 6.08. The van der Waals surface area contributed by atoms with Gasteiger partial charge in [-0.2, -0.15) is 0 Å². The van der Waals surface area contributed by atoms with Gasteiger partial charge in [-0.15, -0.1) is 0 Å².